The maximum atomic E-state index is 5.99. The van der Waals surface area contributed by atoms with E-state index in [0.29, 0.717) is 12.1 Å². The molecule has 1 saturated heterocycles. The number of hydrogen-bond acceptors (Lipinski definition) is 2. The van der Waals surface area contributed by atoms with Crippen molar-refractivity contribution in [3.63, 3.8) is 0 Å². The molecular formula is C9H18N2. The van der Waals surface area contributed by atoms with Gasteiger partial charge in [-0.15, -0.1) is 0 Å². The molecule has 0 bridgehead atoms. The summed E-state index contributed by atoms with van der Waals surface area (Å²) in [4.78, 5) is 2.61. The monoisotopic (exact) mass is 154 g/mol. The van der Waals surface area contributed by atoms with Gasteiger partial charge in [0.25, 0.3) is 0 Å². The molecule has 1 aliphatic carbocycles. The van der Waals surface area contributed by atoms with Gasteiger partial charge in [0.2, 0.25) is 0 Å². The van der Waals surface area contributed by atoms with Crippen molar-refractivity contribution in [1.82, 2.24) is 4.90 Å². The van der Waals surface area contributed by atoms with Crippen molar-refractivity contribution < 1.29 is 0 Å². The SMILES string of the molecule is CC1C(N)CCCN1C1CC1. The Bertz CT molecular complexity index is 142. The lowest BCUT2D eigenvalue weighted by Crippen LogP contribution is -2.51. The van der Waals surface area contributed by atoms with Crippen LogP contribution in [0.3, 0.4) is 0 Å². The van der Waals surface area contributed by atoms with E-state index in [1.165, 1.54) is 32.2 Å². The van der Waals surface area contributed by atoms with E-state index in [1.54, 1.807) is 0 Å². The molecule has 11 heavy (non-hydrogen) atoms. The van der Waals surface area contributed by atoms with Crippen LogP contribution in [0.2, 0.25) is 0 Å². The Hall–Kier alpha value is -0.0800. The van der Waals surface area contributed by atoms with Crippen LogP contribution in [-0.2, 0) is 0 Å². The Labute approximate surface area is 68.7 Å². The zero-order chi connectivity index (χ0) is 7.84. The summed E-state index contributed by atoms with van der Waals surface area (Å²) in [6.07, 6.45) is 5.36. The van der Waals surface area contributed by atoms with Gasteiger partial charge in [0.05, 0.1) is 0 Å². The van der Waals surface area contributed by atoms with E-state index in [9.17, 15) is 0 Å². The molecule has 0 aromatic heterocycles. The molecule has 2 aliphatic rings. The number of nitrogens with two attached hydrogens (primary N) is 1. The van der Waals surface area contributed by atoms with Crippen LogP contribution in [0.5, 0.6) is 0 Å². The van der Waals surface area contributed by atoms with Crippen LogP contribution in [0.25, 0.3) is 0 Å². The fourth-order valence-electron chi connectivity index (χ4n) is 2.12. The molecule has 2 rings (SSSR count). The van der Waals surface area contributed by atoms with Gasteiger partial charge in [-0.1, -0.05) is 0 Å². The minimum atomic E-state index is 0.435. The lowest BCUT2D eigenvalue weighted by Gasteiger charge is -2.37. The Kier molecular flexibility index (Phi) is 1.90. The first-order chi connectivity index (χ1) is 5.29. The zero-order valence-corrected chi connectivity index (χ0v) is 7.29. The van der Waals surface area contributed by atoms with Crippen LogP contribution >= 0.6 is 0 Å². The minimum Gasteiger partial charge on any atom is -0.326 e. The summed E-state index contributed by atoms with van der Waals surface area (Å²) in [5.41, 5.74) is 5.99. The molecule has 2 unspecified atom stereocenters. The molecule has 0 radical (unpaired) electrons. The normalized spacial score (nSPS) is 40.9. The van der Waals surface area contributed by atoms with E-state index < -0.39 is 0 Å². The number of hydrogen-bond donors (Lipinski definition) is 1. The van der Waals surface area contributed by atoms with Gasteiger partial charge >= 0.3 is 0 Å². The molecule has 2 N–H and O–H groups in total. The third kappa shape index (κ3) is 1.42. The second-order valence-corrected chi connectivity index (χ2v) is 4.02. The molecule has 0 aromatic carbocycles. The molecule has 1 aliphatic heterocycles. The second kappa shape index (κ2) is 2.76. The molecule has 1 saturated carbocycles. The van der Waals surface area contributed by atoms with Crippen LogP contribution in [0.4, 0.5) is 0 Å². The fourth-order valence-corrected chi connectivity index (χ4v) is 2.12. The summed E-state index contributed by atoms with van der Waals surface area (Å²) in [5, 5.41) is 0. The van der Waals surface area contributed by atoms with Crippen LogP contribution in [0, 0.1) is 0 Å². The van der Waals surface area contributed by atoms with Crippen LogP contribution < -0.4 is 5.73 Å². The third-order valence-corrected chi connectivity index (χ3v) is 3.11. The maximum absolute atomic E-state index is 5.99. The lowest BCUT2D eigenvalue weighted by molar-refractivity contribution is 0.132. The van der Waals surface area contributed by atoms with Gasteiger partial charge < -0.3 is 5.73 Å². The highest BCUT2D eigenvalue weighted by molar-refractivity contribution is 4.93. The Morgan fingerprint density at radius 2 is 2.00 bits per heavy atom. The standard InChI is InChI=1S/C9H18N2/c1-7-9(10)3-2-6-11(7)8-4-5-8/h7-9H,2-6,10H2,1H3. The van der Waals surface area contributed by atoms with Crippen molar-refractivity contribution in [2.24, 2.45) is 5.73 Å². The third-order valence-electron chi connectivity index (χ3n) is 3.11. The molecule has 0 amide bonds. The predicted octanol–water partition coefficient (Wildman–Crippen LogP) is 0.960. The van der Waals surface area contributed by atoms with Crippen LogP contribution in [0.15, 0.2) is 0 Å². The quantitative estimate of drug-likeness (QED) is 0.609. The number of piperidine rings is 1. The number of likely N-dealkylation sites (tertiary alicyclic amines) is 1. The van der Waals surface area contributed by atoms with Gasteiger partial charge in [-0.3, -0.25) is 4.90 Å². The lowest BCUT2D eigenvalue weighted by atomic mass is 9.98. The second-order valence-electron chi connectivity index (χ2n) is 4.02. The van der Waals surface area contributed by atoms with Crippen molar-refractivity contribution in [2.45, 2.75) is 50.7 Å². The summed E-state index contributed by atoms with van der Waals surface area (Å²) in [7, 11) is 0. The van der Waals surface area contributed by atoms with E-state index in [0.717, 1.165) is 6.04 Å². The van der Waals surface area contributed by atoms with Crippen molar-refractivity contribution in [3.05, 3.63) is 0 Å². The largest absolute Gasteiger partial charge is 0.326 e. The van der Waals surface area contributed by atoms with Gasteiger partial charge in [-0.2, -0.15) is 0 Å². The van der Waals surface area contributed by atoms with E-state index in [2.05, 4.69) is 11.8 Å². The molecule has 0 spiro atoms. The Morgan fingerprint density at radius 3 is 2.64 bits per heavy atom. The highest BCUT2D eigenvalue weighted by Gasteiger charge is 2.35. The summed E-state index contributed by atoms with van der Waals surface area (Å²) in [6, 6.07) is 1.97. The molecule has 1 heterocycles. The minimum absolute atomic E-state index is 0.435. The van der Waals surface area contributed by atoms with Crippen molar-refractivity contribution in [2.75, 3.05) is 6.54 Å². The summed E-state index contributed by atoms with van der Waals surface area (Å²) in [6.45, 7) is 3.57. The Balaban J connectivity index is 1.95. The molecule has 2 nitrogen and oxygen atoms in total. The van der Waals surface area contributed by atoms with E-state index in [-0.39, 0.29) is 0 Å². The van der Waals surface area contributed by atoms with Crippen molar-refractivity contribution in [3.8, 4) is 0 Å². The zero-order valence-electron chi connectivity index (χ0n) is 7.29. The first kappa shape index (κ1) is 7.56. The van der Waals surface area contributed by atoms with Gasteiger partial charge in [-0.25, -0.2) is 0 Å². The van der Waals surface area contributed by atoms with E-state index in [4.69, 9.17) is 5.73 Å². The predicted molar refractivity (Wildman–Crippen MR) is 46.4 cm³/mol. The van der Waals surface area contributed by atoms with E-state index in [1.807, 2.05) is 0 Å². The van der Waals surface area contributed by atoms with Gasteiger partial charge in [0.15, 0.2) is 0 Å². The maximum Gasteiger partial charge on any atom is 0.0221 e. The molecule has 0 aromatic rings. The van der Waals surface area contributed by atoms with Gasteiger partial charge in [0, 0.05) is 18.1 Å². The van der Waals surface area contributed by atoms with Crippen LogP contribution in [-0.4, -0.2) is 29.6 Å². The van der Waals surface area contributed by atoms with Crippen LogP contribution in [0.1, 0.15) is 32.6 Å². The Morgan fingerprint density at radius 1 is 1.27 bits per heavy atom. The summed E-state index contributed by atoms with van der Waals surface area (Å²) >= 11 is 0. The average molecular weight is 154 g/mol. The van der Waals surface area contributed by atoms with E-state index >= 15 is 0 Å². The summed E-state index contributed by atoms with van der Waals surface area (Å²) < 4.78 is 0. The van der Waals surface area contributed by atoms with Crippen molar-refractivity contribution >= 4 is 0 Å². The van der Waals surface area contributed by atoms with Gasteiger partial charge in [-0.05, 0) is 39.2 Å². The first-order valence-electron chi connectivity index (χ1n) is 4.80. The molecule has 64 valence electrons. The van der Waals surface area contributed by atoms with Gasteiger partial charge in [0.1, 0.15) is 0 Å². The molecule has 2 atom stereocenters. The molecule has 2 heteroatoms. The molecular weight excluding hydrogens is 136 g/mol. The molecule has 2 fully saturated rings. The first-order valence-corrected chi connectivity index (χ1v) is 4.80. The van der Waals surface area contributed by atoms with Crippen molar-refractivity contribution in [1.29, 1.82) is 0 Å². The average Bonchev–Trinajstić information content (AvgIpc) is 2.77. The highest BCUT2D eigenvalue weighted by atomic mass is 15.2. The number of nitrogens with zero attached hydrogens (tertiary/aromatic N) is 1. The summed E-state index contributed by atoms with van der Waals surface area (Å²) in [5.74, 6) is 0. The highest BCUT2D eigenvalue weighted by Crippen LogP contribution is 2.31. The number of rotatable bonds is 1. The fraction of sp³-hybridized carbons (Fsp3) is 1.00. The topological polar surface area (TPSA) is 29.3 Å². The smallest absolute Gasteiger partial charge is 0.0221 e.